The van der Waals surface area contributed by atoms with Gasteiger partial charge in [0.2, 0.25) is 11.8 Å². The van der Waals surface area contributed by atoms with Crippen LogP contribution in [0.4, 0.5) is 0 Å². The summed E-state index contributed by atoms with van der Waals surface area (Å²) in [6, 6.07) is 0. The molecule has 126 valence electrons. The van der Waals surface area contributed by atoms with E-state index >= 15 is 0 Å². The molecule has 1 spiro atoms. The van der Waals surface area contributed by atoms with Crippen LogP contribution < -0.4 is 0 Å². The monoisotopic (exact) mass is 310 g/mol. The fraction of sp³-hybridized carbons (Fsp3) is 0.882. The molecule has 0 atom stereocenters. The Hall–Kier alpha value is -1.10. The summed E-state index contributed by atoms with van der Waals surface area (Å²) in [5, 5.41) is 0. The molecule has 0 aromatic carbocycles. The van der Waals surface area contributed by atoms with Crippen LogP contribution in [0.15, 0.2) is 0 Å². The van der Waals surface area contributed by atoms with E-state index in [-0.39, 0.29) is 11.3 Å². The highest BCUT2D eigenvalue weighted by Crippen LogP contribution is 2.41. The summed E-state index contributed by atoms with van der Waals surface area (Å²) in [5.41, 5.74) is 0.114. The average molecular weight is 310 g/mol. The van der Waals surface area contributed by atoms with Crippen molar-refractivity contribution in [2.24, 2.45) is 11.3 Å². The van der Waals surface area contributed by atoms with Crippen LogP contribution in [0.3, 0.4) is 0 Å². The number of hydrogen-bond acceptors (Lipinski definition) is 3. The first-order valence-corrected chi connectivity index (χ1v) is 8.59. The number of carbonyl (C=O) groups is 2. The van der Waals surface area contributed by atoms with Crippen molar-refractivity contribution in [3.8, 4) is 0 Å². The van der Waals surface area contributed by atoms with Gasteiger partial charge in [0, 0.05) is 44.6 Å². The molecule has 2 aliphatic heterocycles. The third-order valence-electron chi connectivity index (χ3n) is 4.83. The summed E-state index contributed by atoms with van der Waals surface area (Å²) < 4.78 is 5.25. The highest BCUT2D eigenvalue weighted by molar-refractivity contribution is 5.80. The van der Waals surface area contributed by atoms with Gasteiger partial charge >= 0.3 is 0 Å². The molecule has 0 aromatic rings. The van der Waals surface area contributed by atoms with Crippen LogP contribution in [0, 0.1) is 11.3 Å². The Labute approximate surface area is 134 Å². The molecule has 0 saturated carbocycles. The summed E-state index contributed by atoms with van der Waals surface area (Å²) in [7, 11) is 0. The lowest BCUT2D eigenvalue weighted by atomic mass is 9.77. The standard InChI is InChI=1S/C17H30N2O3/c1-4-22-10-5-15(20)18-8-6-17(7-9-18)11-16(21)19(13-17)12-14(2)3/h14H,4-13H2,1-3H3. The molecule has 5 nitrogen and oxygen atoms in total. The van der Waals surface area contributed by atoms with Crippen LogP contribution in [0.1, 0.15) is 46.5 Å². The van der Waals surface area contributed by atoms with Gasteiger partial charge in [-0.3, -0.25) is 9.59 Å². The second-order valence-corrected chi connectivity index (χ2v) is 7.17. The van der Waals surface area contributed by atoms with Gasteiger partial charge in [-0.15, -0.1) is 0 Å². The third kappa shape index (κ3) is 4.22. The number of nitrogens with zero attached hydrogens (tertiary/aromatic N) is 2. The summed E-state index contributed by atoms with van der Waals surface area (Å²) in [6.45, 7) is 10.7. The van der Waals surface area contributed by atoms with Crippen LogP contribution in [-0.4, -0.2) is 61.0 Å². The van der Waals surface area contributed by atoms with Crippen molar-refractivity contribution in [3.63, 3.8) is 0 Å². The van der Waals surface area contributed by atoms with Gasteiger partial charge in [0.1, 0.15) is 0 Å². The second kappa shape index (κ2) is 7.44. The molecule has 0 bridgehead atoms. The first kappa shape index (κ1) is 17.3. The first-order chi connectivity index (χ1) is 10.5. The molecular weight excluding hydrogens is 280 g/mol. The van der Waals surface area contributed by atoms with E-state index in [1.54, 1.807) is 0 Å². The molecule has 2 fully saturated rings. The van der Waals surface area contributed by atoms with Crippen LogP contribution in [-0.2, 0) is 14.3 Å². The van der Waals surface area contributed by atoms with E-state index in [0.29, 0.717) is 37.9 Å². The van der Waals surface area contributed by atoms with Gasteiger partial charge in [-0.05, 0) is 25.7 Å². The molecule has 2 amide bonds. The average Bonchev–Trinajstić information content (AvgIpc) is 2.75. The van der Waals surface area contributed by atoms with E-state index in [2.05, 4.69) is 13.8 Å². The van der Waals surface area contributed by atoms with Gasteiger partial charge in [-0.25, -0.2) is 0 Å². The van der Waals surface area contributed by atoms with Crippen molar-refractivity contribution in [1.29, 1.82) is 0 Å². The molecule has 0 radical (unpaired) electrons. The van der Waals surface area contributed by atoms with Gasteiger partial charge in [-0.2, -0.15) is 0 Å². The van der Waals surface area contributed by atoms with Crippen LogP contribution in [0.5, 0.6) is 0 Å². The maximum Gasteiger partial charge on any atom is 0.224 e. The Morgan fingerprint density at radius 1 is 1.32 bits per heavy atom. The van der Waals surface area contributed by atoms with Crippen LogP contribution >= 0.6 is 0 Å². The van der Waals surface area contributed by atoms with E-state index in [4.69, 9.17) is 4.74 Å². The van der Waals surface area contributed by atoms with E-state index < -0.39 is 0 Å². The first-order valence-electron chi connectivity index (χ1n) is 8.59. The number of ether oxygens (including phenoxy) is 1. The molecule has 2 rings (SSSR count). The molecule has 5 heteroatoms. The number of carbonyl (C=O) groups excluding carboxylic acids is 2. The molecule has 2 aliphatic rings. The Morgan fingerprint density at radius 2 is 2.00 bits per heavy atom. The van der Waals surface area contributed by atoms with Gasteiger partial charge in [0.15, 0.2) is 0 Å². The molecule has 2 saturated heterocycles. The van der Waals surface area contributed by atoms with Crippen molar-refractivity contribution < 1.29 is 14.3 Å². The molecule has 22 heavy (non-hydrogen) atoms. The SMILES string of the molecule is CCOCCC(=O)N1CCC2(CC1)CC(=O)N(CC(C)C)C2. The maximum atomic E-state index is 12.2. The lowest BCUT2D eigenvalue weighted by Crippen LogP contribution is -2.44. The minimum atomic E-state index is 0.114. The summed E-state index contributed by atoms with van der Waals surface area (Å²) in [5.74, 6) is 0.996. The Bertz CT molecular complexity index is 401. The Kier molecular flexibility index (Phi) is 5.84. The van der Waals surface area contributed by atoms with E-state index in [1.165, 1.54) is 0 Å². The molecule has 2 heterocycles. The van der Waals surface area contributed by atoms with E-state index in [0.717, 1.165) is 39.0 Å². The van der Waals surface area contributed by atoms with Gasteiger partial charge in [-0.1, -0.05) is 13.8 Å². The van der Waals surface area contributed by atoms with Crippen molar-refractivity contribution >= 4 is 11.8 Å². The summed E-state index contributed by atoms with van der Waals surface area (Å²) >= 11 is 0. The largest absolute Gasteiger partial charge is 0.381 e. The topological polar surface area (TPSA) is 49.9 Å². The summed E-state index contributed by atoms with van der Waals surface area (Å²) in [6.07, 6.45) is 3.04. The predicted molar refractivity (Wildman–Crippen MR) is 85.4 cm³/mol. The molecule has 0 aromatic heterocycles. The van der Waals surface area contributed by atoms with Crippen LogP contribution in [0.2, 0.25) is 0 Å². The lowest BCUT2D eigenvalue weighted by molar-refractivity contribution is -0.134. The minimum Gasteiger partial charge on any atom is -0.381 e. The Balaban J connectivity index is 1.81. The van der Waals surface area contributed by atoms with Gasteiger partial charge < -0.3 is 14.5 Å². The van der Waals surface area contributed by atoms with Gasteiger partial charge in [0.05, 0.1) is 13.0 Å². The zero-order valence-electron chi connectivity index (χ0n) is 14.3. The number of hydrogen-bond donors (Lipinski definition) is 0. The number of piperidine rings is 1. The van der Waals surface area contributed by atoms with Gasteiger partial charge in [0.25, 0.3) is 0 Å². The minimum absolute atomic E-state index is 0.114. The zero-order valence-corrected chi connectivity index (χ0v) is 14.3. The molecule has 0 N–H and O–H groups in total. The Morgan fingerprint density at radius 3 is 2.59 bits per heavy atom. The lowest BCUT2D eigenvalue weighted by Gasteiger charge is -2.39. The van der Waals surface area contributed by atoms with Crippen LogP contribution in [0.25, 0.3) is 0 Å². The normalized spacial score (nSPS) is 21.2. The zero-order chi connectivity index (χ0) is 16.2. The fourth-order valence-corrected chi connectivity index (χ4v) is 3.62. The predicted octanol–water partition coefficient (Wildman–Crippen LogP) is 1.91. The number of amides is 2. The number of likely N-dealkylation sites (tertiary alicyclic amines) is 2. The van der Waals surface area contributed by atoms with Crippen molar-refractivity contribution in [2.45, 2.75) is 46.5 Å². The molecular formula is C17H30N2O3. The highest BCUT2D eigenvalue weighted by atomic mass is 16.5. The van der Waals surface area contributed by atoms with E-state index in [1.807, 2.05) is 16.7 Å². The smallest absolute Gasteiger partial charge is 0.224 e. The van der Waals surface area contributed by atoms with Crippen molar-refractivity contribution in [2.75, 3.05) is 39.4 Å². The van der Waals surface area contributed by atoms with E-state index in [9.17, 15) is 9.59 Å². The van der Waals surface area contributed by atoms with Crippen molar-refractivity contribution in [3.05, 3.63) is 0 Å². The quantitative estimate of drug-likeness (QED) is 0.704. The third-order valence-corrected chi connectivity index (χ3v) is 4.83. The maximum absolute atomic E-state index is 12.2. The molecule has 0 aliphatic carbocycles. The highest BCUT2D eigenvalue weighted by Gasteiger charge is 2.45. The molecule has 0 unspecified atom stereocenters. The summed E-state index contributed by atoms with van der Waals surface area (Å²) in [4.78, 5) is 28.3. The second-order valence-electron chi connectivity index (χ2n) is 7.17. The number of rotatable bonds is 6. The van der Waals surface area contributed by atoms with Crippen molar-refractivity contribution in [1.82, 2.24) is 9.80 Å². The fourth-order valence-electron chi connectivity index (χ4n) is 3.62.